The first-order valence-electron chi connectivity index (χ1n) is 11.0. The molecule has 3 aromatic rings. The van der Waals surface area contributed by atoms with Crippen LogP contribution in [0.1, 0.15) is 31.7 Å². The van der Waals surface area contributed by atoms with Crippen molar-refractivity contribution in [1.29, 1.82) is 0 Å². The average Bonchev–Trinajstić information content (AvgIpc) is 3.43. The SMILES string of the molecule is CCCCc1ccc(-n2nnnc2SCC(=O)N(c2ccccc2)[C@H]2CCS(=O)(=O)C2)cc1. The third-order valence-electron chi connectivity index (χ3n) is 5.64. The molecule has 0 spiro atoms. The van der Waals surface area contributed by atoms with Gasteiger partial charge in [-0.3, -0.25) is 4.79 Å². The van der Waals surface area contributed by atoms with E-state index in [1.807, 2.05) is 42.5 Å². The van der Waals surface area contributed by atoms with Crippen molar-refractivity contribution < 1.29 is 13.2 Å². The maximum atomic E-state index is 13.3. The molecule has 1 saturated heterocycles. The van der Waals surface area contributed by atoms with Gasteiger partial charge in [0.2, 0.25) is 11.1 Å². The van der Waals surface area contributed by atoms with Crippen LogP contribution in [-0.4, -0.2) is 57.8 Å². The van der Waals surface area contributed by atoms with Crippen molar-refractivity contribution in [3.8, 4) is 5.69 Å². The first kappa shape index (κ1) is 23.4. The summed E-state index contributed by atoms with van der Waals surface area (Å²) >= 11 is 1.24. The lowest BCUT2D eigenvalue weighted by atomic mass is 10.1. The number of carbonyl (C=O) groups is 1. The van der Waals surface area contributed by atoms with Gasteiger partial charge in [-0.2, -0.15) is 4.68 Å². The van der Waals surface area contributed by atoms with Crippen molar-refractivity contribution in [3.05, 3.63) is 60.2 Å². The van der Waals surface area contributed by atoms with Gasteiger partial charge in [-0.25, -0.2) is 8.42 Å². The molecule has 1 fully saturated rings. The number of para-hydroxylation sites is 1. The van der Waals surface area contributed by atoms with E-state index in [1.165, 1.54) is 17.3 Å². The number of hydrogen-bond donors (Lipinski definition) is 0. The molecule has 0 radical (unpaired) electrons. The van der Waals surface area contributed by atoms with Gasteiger partial charge in [-0.05, 0) is 59.5 Å². The zero-order valence-electron chi connectivity index (χ0n) is 18.5. The van der Waals surface area contributed by atoms with Crippen LogP contribution < -0.4 is 4.90 Å². The molecule has 1 atom stereocenters. The summed E-state index contributed by atoms with van der Waals surface area (Å²) in [6.45, 7) is 2.17. The molecule has 0 unspecified atom stereocenters. The molecule has 2 heterocycles. The largest absolute Gasteiger partial charge is 0.308 e. The fourth-order valence-electron chi connectivity index (χ4n) is 3.94. The Balaban J connectivity index is 1.48. The molecule has 4 rings (SSSR count). The molecule has 0 aliphatic carbocycles. The minimum atomic E-state index is -3.13. The van der Waals surface area contributed by atoms with Crippen molar-refractivity contribution in [2.45, 2.75) is 43.8 Å². The fourth-order valence-corrected chi connectivity index (χ4v) is 6.39. The summed E-state index contributed by atoms with van der Waals surface area (Å²) in [4.78, 5) is 14.9. The number of tetrazole rings is 1. The number of aryl methyl sites for hydroxylation is 1. The van der Waals surface area contributed by atoms with E-state index in [9.17, 15) is 13.2 Å². The molecular formula is C23H27N5O3S2. The molecule has 10 heteroatoms. The summed E-state index contributed by atoms with van der Waals surface area (Å²) in [7, 11) is -3.13. The van der Waals surface area contributed by atoms with Gasteiger partial charge in [0.15, 0.2) is 9.84 Å². The number of thioether (sulfide) groups is 1. The van der Waals surface area contributed by atoms with Gasteiger partial charge in [-0.15, -0.1) is 5.10 Å². The summed E-state index contributed by atoms with van der Waals surface area (Å²) in [5.74, 6) is 0.0205. The predicted octanol–water partition coefficient (Wildman–Crippen LogP) is 3.32. The summed E-state index contributed by atoms with van der Waals surface area (Å²) in [6, 6.07) is 17.0. The number of benzene rings is 2. The average molecular weight is 486 g/mol. The van der Waals surface area contributed by atoms with Gasteiger partial charge in [0.1, 0.15) is 0 Å². The molecule has 1 amide bonds. The molecule has 1 aromatic heterocycles. The zero-order valence-corrected chi connectivity index (χ0v) is 20.1. The molecule has 8 nitrogen and oxygen atoms in total. The number of unbranched alkanes of at least 4 members (excludes halogenated alkanes) is 1. The normalized spacial score (nSPS) is 17.2. The zero-order chi connectivity index (χ0) is 23.3. The summed E-state index contributed by atoms with van der Waals surface area (Å²) in [5.41, 5.74) is 2.80. The Hall–Kier alpha value is -2.72. The van der Waals surface area contributed by atoms with Crippen molar-refractivity contribution in [1.82, 2.24) is 20.2 Å². The van der Waals surface area contributed by atoms with Gasteiger partial charge in [-0.1, -0.05) is 55.4 Å². The topological polar surface area (TPSA) is 98.1 Å². The Morgan fingerprint density at radius 2 is 1.91 bits per heavy atom. The fraction of sp³-hybridized carbons (Fsp3) is 0.391. The van der Waals surface area contributed by atoms with Crippen LogP contribution in [0.25, 0.3) is 5.69 Å². The smallest absolute Gasteiger partial charge is 0.237 e. The Labute approximate surface area is 198 Å². The predicted molar refractivity (Wildman–Crippen MR) is 129 cm³/mol. The van der Waals surface area contributed by atoms with E-state index in [4.69, 9.17) is 0 Å². The van der Waals surface area contributed by atoms with Crippen LogP contribution in [0.3, 0.4) is 0 Å². The standard InChI is InChI=1S/C23H27N5O3S2/c1-2-3-7-18-10-12-20(13-11-18)28-23(24-25-26-28)32-16-22(29)27(19-8-5-4-6-9-19)21-14-15-33(30,31)17-21/h4-6,8-13,21H,2-3,7,14-17H2,1H3/t21-/m0/s1. The minimum Gasteiger partial charge on any atom is -0.308 e. The second-order valence-corrected chi connectivity index (χ2v) is 11.3. The molecule has 33 heavy (non-hydrogen) atoms. The summed E-state index contributed by atoms with van der Waals surface area (Å²) in [5, 5.41) is 12.5. The molecule has 0 saturated carbocycles. The van der Waals surface area contributed by atoms with Crippen molar-refractivity contribution in [3.63, 3.8) is 0 Å². The molecule has 0 bridgehead atoms. The van der Waals surface area contributed by atoms with Gasteiger partial charge < -0.3 is 4.90 Å². The van der Waals surface area contributed by atoms with Crippen LogP contribution in [0.2, 0.25) is 0 Å². The molecule has 1 aliphatic heterocycles. The first-order valence-corrected chi connectivity index (χ1v) is 13.9. The van der Waals surface area contributed by atoms with Crippen LogP contribution in [0.15, 0.2) is 59.8 Å². The highest BCUT2D eigenvalue weighted by molar-refractivity contribution is 7.99. The van der Waals surface area contributed by atoms with Crippen molar-refractivity contribution in [2.75, 3.05) is 22.2 Å². The maximum Gasteiger partial charge on any atom is 0.237 e. The number of amides is 1. The lowest BCUT2D eigenvalue weighted by Crippen LogP contribution is -2.42. The third-order valence-corrected chi connectivity index (χ3v) is 8.30. The minimum absolute atomic E-state index is 0.0135. The molecule has 1 aliphatic rings. The van der Waals surface area contributed by atoms with Gasteiger partial charge >= 0.3 is 0 Å². The molecule has 174 valence electrons. The van der Waals surface area contributed by atoms with E-state index in [-0.39, 0.29) is 29.2 Å². The van der Waals surface area contributed by atoms with E-state index in [0.29, 0.717) is 17.3 Å². The second kappa shape index (κ2) is 10.5. The van der Waals surface area contributed by atoms with Crippen LogP contribution in [-0.2, 0) is 21.1 Å². The first-order chi connectivity index (χ1) is 16.0. The summed E-state index contributed by atoms with van der Waals surface area (Å²) in [6.07, 6.45) is 3.77. The van der Waals surface area contributed by atoms with Crippen molar-refractivity contribution >= 4 is 33.2 Å². The lowest BCUT2D eigenvalue weighted by Gasteiger charge is -2.28. The number of nitrogens with zero attached hydrogens (tertiary/aromatic N) is 5. The quantitative estimate of drug-likeness (QED) is 0.429. The van der Waals surface area contributed by atoms with E-state index in [1.54, 1.807) is 9.58 Å². The number of rotatable bonds is 9. The Morgan fingerprint density at radius 3 is 2.58 bits per heavy atom. The third kappa shape index (κ3) is 5.80. The Morgan fingerprint density at radius 1 is 1.15 bits per heavy atom. The van der Waals surface area contributed by atoms with Gasteiger partial charge in [0.25, 0.3) is 0 Å². The monoisotopic (exact) mass is 485 g/mol. The highest BCUT2D eigenvalue weighted by Gasteiger charge is 2.35. The second-order valence-electron chi connectivity index (χ2n) is 8.09. The number of anilines is 1. The van der Waals surface area contributed by atoms with Crippen LogP contribution >= 0.6 is 11.8 Å². The van der Waals surface area contributed by atoms with Crippen LogP contribution in [0, 0.1) is 0 Å². The number of hydrogen-bond acceptors (Lipinski definition) is 7. The number of carbonyl (C=O) groups excluding carboxylic acids is 1. The van der Waals surface area contributed by atoms with Crippen LogP contribution in [0.5, 0.6) is 0 Å². The van der Waals surface area contributed by atoms with E-state index in [2.05, 4.69) is 34.6 Å². The lowest BCUT2D eigenvalue weighted by molar-refractivity contribution is -0.116. The number of aromatic nitrogens is 4. The molecule has 2 aromatic carbocycles. The summed E-state index contributed by atoms with van der Waals surface area (Å²) < 4.78 is 25.7. The number of sulfone groups is 1. The Bertz CT molecular complexity index is 1180. The maximum absolute atomic E-state index is 13.3. The highest BCUT2D eigenvalue weighted by atomic mass is 32.2. The van der Waals surface area contributed by atoms with E-state index >= 15 is 0 Å². The van der Waals surface area contributed by atoms with E-state index in [0.717, 1.165) is 24.9 Å². The van der Waals surface area contributed by atoms with Gasteiger partial charge in [0, 0.05) is 5.69 Å². The molecule has 0 N–H and O–H groups in total. The van der Waals surface area contributed by atoms with E-state index < -0.39 is 9.84 Å². The van der Waals surface area contributed by atoms with Crippen molar-refractivity contribution in [2.24, 2.45) is 0 Å². The highest BCUT2D eigenvalue weighted by Crippen LogP contribution is 2.27. The molecular weight excluding hydrogens is 458 g/mol. The van der Waals surface area contributed by atoms with Gasteiger partial charge in [0.05, 0.1) is 29.0 Å². The van der Waals surface area contributed by atoms with Crippen LogP contribution in [0.4, 0.5) is 5.69 Å². The Kier molecular flexibility index (Phi) is 7.44.